The number of carbonyl (C=O) groups excluding carboxylic acids is 2. The van der Waals surface area contributed by atoms with Gasteiger partial charge in [0, 0.05) is 88.1 Å². The molecule has 2 aromatic heterocycles. The average Bonchev–Trinajstić information content (AvgIpc) is 3.69. The number of alkyl halides is 3. The minimum absolute atomic E-state index is 0.0702. The first-order valence-electron chi connectivity index (χ1n) is 17.0. The molecule has 3 aliphatic heterocycles. The van der Waals surface area contributed by atoms with Crippen molar-refractivity contribution in [2.45, 2.75) is 32.5 Å². The topological polar surface area (TPSA) is 125 Å². The van der Waals surface area contributed by atoms with Crippen LogP contribution in [-0.4, -0.2) is 82.1 Å². The van der Waals surface area contributed by atoms with Crippen molar-refractivity contribution < 1.29 is 22.8 Å². The lowest BCUT2D eigenvalue weighted by Gasteiger charge is -2.34. The van der Waals surface area contributed by atoms with Crippen molar-refractivity contribution in [1.82, 2.24) is 29.7 Å². The molecule has 1 fully saturated rings. The van der Waals surface area contributed by atoms with E-state index in [1.807, 2.05) is 28.6 Å². The van der Waals surface area contributed by atoms with E-state index in [-0.39, 0.29) is 29.7 Å². The fourth-order valence-electron chi connectivity index (χ4n) is 7.00. The summed E-state index contributed by atoms with van der Waals surface area (Å²) in [6.07, 6.45) is -1.75. The first kappa shape index (κ1) is 34.1. The third-order valence-corrected chi connectivity index (χ3v) is 9.84. The van der Waals surface area contributed by atoms with Gasteiger partial charge in [0.1, 0.15) is 5.69 Å². The van der Waals surface area contributed by atoms with Crippen LogP contribution in [0.1, 0.15) is 50.8 Å². The molecule has 51 heavy (non-hydrogen) atoms. The summed E-state index contributed by atoms with van der Waals surface area (Å²) >= 11 is 0. The van der Waals surface area contributed by atoms with Crippen molar-refractivity contribution in [3.05, 3.63) is 87.7 Å². The molecule has 0 atom stereocenters. The largest absolute Gasteiger partial charge is 0.416 e. The Labute approximate surface area is 293 Å². The zero-order valence-corrected chi connectivity index (χ0v) is 28.4. The molecule has 0 saturated carbocycles. The lowest BCUT2D eigenvalue weighted by atomic mass is 10.0. The number of piperazine rings is 1. The van der Waals surface area contributed by atoms with Crippen LogP contribution < -0.4 is 21.3 Å². The third-order valence-electron chi connectivity index (χ3n) is 9.84. The molecule has 0 spiro atoms. The van der Waals surface area contributed by atoms with Crippen molar-refractivity contribution in [2.75, 3.05) is 61.8 Å². The number of anilines is 3. The molecule has 5 heterocycles. The summed E-state index contributed by atoms with van der Waals surface area (Å²) in [6, 6.07) is 10.8. The molecular formula is C37H38F3N9O2. The second kappa shape index (κ2) is 13.7. The third kappa shape index (κ3) is 6.99. The van der Waals surface area contributed by atoms with Crippen LogP contribution in [-0.2, 0) is 32.6 Å². The van der Waals surface area contributed by atoms with Gasteiger partial charge >= 0.3 is 12.2 Å². The van der Waals surface area contributed by atoms with Crippen LogP contribution in [0.5, 0.6) is 0 Å². The van der Waals surface area contributed by atoms with Gasteiger partial charge in [-0.1, -0.05) is 30.9 Å². The van der Waals surface area contributed by atoms with Crippen LogP contribution in [0.15, 0.2) is 48.7 Å². The molecule has 0 aliphatic carbocycles. The standard InChI is InChI=1S/C37H38F3N9O2/c1-3-47-14-16-48(17-15-47)22-26-8-9-27(19-29(26)37(38,39)40)44-36(51)49-13-11-24-6-4-23(18-31(24)49)5-7-25-21-43-35(41)45-33(25)32-20-28-30(46(32)2)10-12-42-34(28)50/h4,6,8-9,18-21H,3,10-17,22H2,1-2H3,(H,42,50)(H,44,51)(H2,41,43,45). The number of nitrogens with zero attached hydrogens (tertiary/aromatic N) is 6. The number of nitrogens with one attached hydrogen (secondary N) is 2. The van der Waals surface area contributed by atoms with Crippen LogP contribution in [0.3, 0.4) is 0 Å². The van der Waals surface area contributed by atoms with Crippen molar-refractivity contribution >= 4 is 29.3 Å². The van der Waals surface area contributed by atoms with Gasteiger partial charge in [0.05, 0.1) is 22.4 Å². The van der Waals surface area contributed by atoms with E-state index in [0.29, 0.717) is 72.8 Å². The Bertz CT molecular complexity index is 2070. The molecule has 0 bridgehead atoms. The van der Waals surface area contributed by atoms with Gasteiger partial charge in [-0.05, 0) is 54.4 Å². The fourth-order valence-corrected chi connectivity index (χ4v) is 7.00. The maximum absolute atomic E-state index is 14.2. The molecule has 11 nitrogen and oxygen atoms in total. The number of urea groups is 1. The summed E-state index contributed by atoms with van der Waals surface area (Å²) < 4.78 is 44.6. The average molecular weight is 698 g/mol. The van der Waals surface area contributed by atoms with E-state index in [9.17, 15) is 22.8 Å². The van der Waals surface area contributed by atoms with E-state index < -0.39 is 17.8 Å². The van der Waals surface area contributed by atoms with Crippen molar-refractivity contribution in [3.8, 4) is 23.2 Å². The summed E-state index contributed by atoms with van der Waals surface area (Å²) in [7, 11) is 1.87. The monoisotopic (exact) mass is 697 g/mol. The first-order valence-corrected chi connectivity index (χ1v) is 17.0. The highest BCUT2D eigenvalue weighted by atomic mass is 19.4. The number of fused-ring (bicyclic) bond motifs is 2. The number of aromatic nitrogens is 3. The molecule has 3 amide bonds. The predicted octanol–water partition coefficient (Wildman–Crippen LogP) is 4.50. The van der Waals surface area contributed by atoms with Crippen LogP contribution in [0, 0.1) is 11.8 Å². The summed E-state index contributed by atoms with van der Waals surface area (Å²) in [4.78, 5) is 40.4. The molecular weight excluding hydrogens is 659 g/mol. The van der Waals surface area contributed by atoms with Crippen LogP contribution in [0.2, 0.25) is 0 Å². The maximum Gasteiger partial charge on any atom is 0.416 e. The number of hydrogen-bond donors (Lipinski definition) is 3. The molecule has 7 rings (SSSR count). The number of rotatable bonds is 5. The highest BCUT2D eigenvalue weighted by Gasteiger charge is 2.35. The molecule has 14 heteroatoms. The summed E-state index contributed by atoms with van der Waals surface area (Å²) in [5.74, 6) is 6.20. The second-order valence-electron chi connectivity index (χ2n) is 13.0. The highest BCUT2D eigenvalue weighted by molar-refractivity contribution is 6.03. The zero-order chi connectivity index (χ0) is 35.9. The second-order valence-corrected chi connectivity index (χ2v) is 13.0. The molecule has 264 valence electrons. The molecule has 1 saturated heterocycles. The van der Waals surface area contributed by atoms with Crippen LogP contribution in [0.4, 0.5) is 35.3 Å². The molecule has 4 aromatic rings. The fraction of sp³-hybridized carbons (Fsp3) is 0.351. The first-order chi connectivity index (χ1) is 24.5. The van der Waals surface area contributed by atoms with E-state index >= 15 is 0 Å². The number of nitrogens with two attached hydrogens (primary N) is 1. The van der Waals surface area contributed by atoms with E-state index in [1.165, 1.54) is 23.2 Å². The lowest BCUT2D eigenvalue weighted by Crippen LogP contribution is -2.45. The van der Waals surface area contributed by atoms with E-state index in [2.05, 4.69) is 44.3 Å². The molecule has 3 aliphatic rings. The lowest BCUT2D eigenvalue weighted by molar-refractivity contribution is -0.138. The van der Waals surface area contributed by atoms with Crippen LogP contribution in [0.25, 0.3) is 11.4 Å². The number of carbonyl (C=O) groups is 2. The van der Waals surface area contributed by atoms with E-state index in [4.69, 9.17) is 5.73 Å². The number of hydrogen-bond acceptors (Lipinski definition) is 7. The van der Waals surface area contributed by atoms with Gasteiger partial charge in [-0.15, -0.1) is 0 Å². The zero-order valence-electron chi connectivity index (χ0n) is 28.4. The SMILES string of the molecule is CCN1CCN(Cc2ccc(NC(=O)N3CCc4ccc(C#Cc5cnc(N)nc5-c5cc6c(n5C)CCNC6=O)cc43)cc2C(F)(F)F)CC1. The van der Waals surface area contributed by atoms with Gasteiger partial charge in [0.15, 0.2) is 0 Å². The number of likely N-dealkylation sites (N-methyl/N-ethyl adjacent to an activating group) is 1. The minimum atomic E-state index is -4.57. The van der Waals surface area contributed by atoms with E-state index in [0.717, 1.165) is 37.0 Å². The quantitative estimate of drug-likeness (QED) is 0.263. The summed E-state index contributed by atoms with van der Waals surface area (Å²) in [5, 5.41) is 5.55. The van der Waals surface area contributed by atoms with Gasteiger partial charge in [0.25, 0.3) is 5.91 Å². The minimum Gasteiger partial charge on any atom is -0.368 e. The Balaban J connectivity index is 1.10. The Morgan fingerprint density at radius 3 is 2.55 bits per heavy atom. The molecule has 4 N–H and O–H groups in total. The van der Waals surface area contributed by atoms with E-state index in [1.54, 1.807) is 12.1 Å². The van der Waals surface area contributed by atoms with Crippen molar-refractivity contribution in [3.63, 3.8) is 0 Å². The Morgan fingerprint density at radius 2 is 1.80 bits per heavy atom. The van der Waals surface area contributed by atoms with Crippen LogP contribution >= 0.6 is 0 Å². The number of amides is 3. The molecule has 2 aromatic carbocycles. The van der Waals surface area contributed by atoms with Gasteiger partial charge in [-0.25, -0.2) is 14.8 Å². The predicted molar refractivity (Wildman–Crippen MR) is 188 cm³/mol. The summed E-state index contributed by atoms with van der Waals surface area (Å²) in [6.45, 7) is 7.16. The number of benzene rings is 2. The molecule has 0 radical (unpaired) electrons. The van der Waals surface area contributed by atoms with Crippen molar-refractivity contribution in [2.24, 2.45) is 7.05 Å². The highest BCUT2D eigenvalue weighted by Crippen LogP contribution is 2.36. The maximum atomic E-state index is 14.2. The molecule has 0 unspecified atom stereocenters. The summed E-state index contributed by atoms with van der Waals surface area (Å²) in [5.41, 5.74) is 10.8. The Kier molecular flexibility index (Phi) is 9.17. The number of halogens is 3. The van der Waals surface area contributed by atoms with Crippen molar-refractivity contribution in [1.29, 1.82) is 0 Å². The van der Waals surface area contributed by atoms with Gasteiger partial charge in [-0.3, -0.25) is 14.6 Å². The van der Waals surface area contributed by atoms with Gasteiger partial charge in [0.2, 0.25) is 5.95 Å². The Morgan fingerprint density at radius 1 is 1.02 bits per heavy atom. The normalized spacial score (nSPS) is 16.3. The van der Waals surface area contributed by atoms with Gasteiger partial charge in [-0.2, -0.15) is 13.2 Å². The van der Waals surface area contributed by atoms with Gasteiger partial charge < -0.3 is 25.8 Å². The smallest absolute Gasteiger partial charge is 0.368 e. The number of nitrogen functional groups attached to an aromatic ring is 1. The Hall–Kier alpha value is -5.39.